The fraction of sp³-hybridized carbons (Fsp3) is 0.346. The molecule has 0 unspecified atom stereocenters. The molecule has 0 fully saturated rings. The first-order valence-electron chi connectivity index (χ1n) is 11.2. The molecule has 3 rings (SSSR count). The van der Waals surface area contributed by atoms with Crippen molar-refractivity contribution in [1.82, 2.24) is 10.6 Å². The Balaban J connectivity index is 1.59. The van der Waals surface area contributed by atoms with Crippen molar-refractivity contribution in [3.63, 3.8) is 0 Å². The summed E-state index contributed by atoms with van der Waals surface area (Å²) in [6.45, 7) is 4.21. The number of fused-ring (bicyclic) bond motifs is 3. The molecule has 33 heavy (non-hydrogen) atoms. The summed E-state index contributed by atoms with van der Waals surface area (Å²) >= 11 is 0. The number of hydrogen-bond donors (Lipinski definition) is 3. The van der Waals surface area contributed by atoms with E-state index in [1.165, 1.54) is 6.08 Å². The molecule has 0 atom stereocenters. The molecular weight excluding hydrogens is 420 g/mol. The van der Waals surface area contributed by atoms with Crippen molar-refractivity contribution < 1.29 is 24.2 Å². The highest BCUT2D eigenvalue weighted by Crippen LogP contribution is 2.44. The van der Waals surface area contributed by atoms with Gasteiger partial charge in [0.1, 0.15) is 6.61 Å². The molecule has 0 heterocycles. The Morgan fingerprint density at radius 2 is 1.55 bits per heavy atom. The molecule has 2 aromatic rings. The molecule has 1 aliphatic rings. The first kappa shape index (κ1) is 24.0. The number of carbonyl (C=O) groups excluding carboxylic acids is 2. The number of ether oxygens (including phenoxy) is 1. The fourth-order valence-corrected chi connectivity index (χ4v) is 4.29. The smallest absolute Gasteiger partial charge is 0.407 e. The van der Waals surface area contributed by atoms with Gasteiger partial charge in [-0.05, 0) is 35.1 Å². The van der Waals surface area contributed by atoms with Gasteiger partial charge in [0, 0.05) is 25.1 Å². The normalized spacial score (nSPS) is 12.8. The Bertz CT molecular complexity index is 997. The standard InChI is InChI=1S/C26H30N2O5/c1-3-26(4-2,24(31)27-15-9-14-23(29)30)17-28-25(32)33-16-22-20-12-7-5-10-18(20)19-11-6-8-13-21(19)22/h5-14,22H,3-4,15-17H2,1-2H3,(H,27,31)(H,28,32)(H,29,30)/b14-9+. The molecule has 0 aliphatic heterocycles. The predicted molar refractivity (Wildman–Crippen MR) is 126 cm³/mol. The Labute approximate surface area is 193 Å². The van der Waals surface area contributed by atoms with Crippen LogP contribution in [0.15, 0.2) is 60.7 Å². The summed E-state index contributed by atoms with van der Waals surface area (Å²) < 4.78 is 5.57. The lowest BCUT2D eigenvalue weighted by atomic mass is 9.81. The minimum atomic E-state index is -1.07. The SMILES string of the molecule is CCC(CC)(CNC(=O)OCC1c2ccccc2-c2ccccc21)C(=O)NC/C=C/C(=O)O. The predicted octanol–water partition coefficient (Wildman–Crippen LogP) is 4.09. The number of carboxylic acid groups (broad SMARTS) is 1. The Morgan fingerprint density at radius 1 is 0.970 bits per heavy atom. The van der Waals surface area contributed by atoms with Crippen molar-refractivity contribution in [3.8, 4) is 11.1 Å². The number of hydrogen-bond acceptors (Lipinski definition) is 4. The summed E-state index contributed by atoms with van der Waals surface area (Å²) in [7, 11) is 0. The maximum atomic E-state index is 12.7. The zero-order valence-electron chi connectivity index (χ0n) is 19.0. The monoisotopic (exact) mass is 450 g/mol. The van der Waals surface area contributed by atoms with Gasteiger partial charge in [0.25, 0.3) is 0 Å². The van der Waals surface area contributed by atoms with E-state index in [9.17, 15) is 14.4 Å². The van der Waals surface area contributed by atoms with Crippen molar-refractivity contribution in [2.75, 3.05) is 19.7 Å². The third-order valence-electron chi connectivity index (χ3n) is 6.39. The second kappa shape index (κ2) is 10.8. The molecule has 1 aliphatic carbocycles. The van der Waals surface area contributed by atoms with Crippen LogP contribution in [0.25, 0.3) is 11.1 Å². The first-order valence-corrected chi connectivity index (χ1v) is 11.2. The molecule has 0 saturated heterocycles. The van der Waals surface area contributed by atoms with E-state index in [0.29, 0.717) is 12.8 Å². The van der Waals surface area contributed by atoms with E-state index >= 15 is 0 Å². The van der Waals surface area contributed by atoms with Gasteiger partial charge in [0.15, 0.2) is 0 Å². The highest BCUT2D eigenvalue weighted by atomic mass is 16.5. The quantitative estimate of drug-likeness (QED) is 0.473. The van der Waals surface area contributed by atoms with E-state index in [-0.39, 0.29) is 31.5 Å². The number of carbonyl (C=O) groups is 3. The molecule has 174 valence electrons. The molecule has 0 radical (unpaired) electrons. The molecule has 2 aromatic carbocycles. The highest BCUT2D eigenvalue weighted by Gasteiger charge is 2.35. The average Bonchev–Trinajstić information content (AvgIpc) is 3.15. The maximum Gasteiger partial charge on any atom is 0.407 e. The number of benzene rings is 2. The Hall–Kier alpha value is -3.61. The van der Waals surface area contributed by atoms with E-state index < -0.39 is 17.5 Å². The first-order chi connectivity index (χ1) is 15.9. The average molecular weight is 451 g/mol. The third kappa shape index (κ3) is 5.42. The molecule has 0 spiro atoms. The lowest BCUT2D eigenvalue weighted by molar-refractivity contribution is -0.132. The lowest BCUT2D eigenvalue weighted by Gasteiger charge is -2.30. The molecule has 0 aromatic heterocycles. The van der Waals surface area contributed by atoms with Crippen LogP contribution in [0.3, 0.4) is 0 Å². The second-order valence-electron chi connectivity index (χ2n) is 8.12. The molecule has 2 amide bonds. The van der Waals surface area contributed by atoms with E-state index in [4.69, 9.17) is 9.84 Å². The number of amides is 2. The largest absolute Gasteiger partial charge is 0.478 e. The minimum absolute atomic E-state index is 0.0328. The summed E-state index contributed by atoms with van der Waals surface area (Å²) in [4.78, 5) is 35.8. The van der Waals surface area contributed by atoms with Gasteiger partial charge in [0.2, 0.25) is 5.91 Å². The second-order valence-corrected chi connectivity index (χ2v) is 8.12. The van der Waals surface area contributed by atoms with Crippen molar-refractivity contribution in [2.24, 2.45) is 5.41 Å². The summed E-state index contributed by atoms with van der Waals surface area (Å²) in [6, 6.07) is 16.3. The van der Waals surface area contributed by atoms with Crippen LogP contribution in [0.2, 0.25) is 0 Å². The zero-order chi connectivity index (χ0) is 23.8. The number of aliphatic carboxylic acids is 1. The van der Waals surface area contributed by atoms with E-state index in [2.05, 4.69) is 34.9 Å². The van der Waals surface area contributed by atoms with E-state index in [0.717, 1.165) is 28.3 Å². The molecule has 3 N–H and O–H groups in total. The Kier molecular flexibility index (Phi) is 7.87. The van der Waals surface area contributed by atoms with Crippen LogP contribution in [0.1, 0.15) is 43.7 Å². The highest BCUT2D eigenvalue weighted by molar-refractivity contribution is 5.84. The van der Waals surface area contributed by atoms with Gasteiger partial charge >= 0.3 is 12.1 Å². The van der Waals surface area contributed by atoms with Crippen LogP contribution in [0.4, 0.5) is 4.79 Å². The van der Waals surface area contributed by atoms with Crippen molar-refractivity contribution in [3.05, 3.63) is 71.8 Å². The topological polar surface area (TPSA) is 105 Å². The van der Waals surface area contributed by atoms with Crippen LogP contribution in [0, 0.1) is 5.41 Å². The minimum Gasteiger partial charge on any atom is -0.478 e. The number of rotatable bonds is 10. The van der Waals surface area contributed by atoms with Crippen molar-refractivity contribution in [1.29, 1.82) is 0 Å². The molecule has 7 nitrogen and oxygen atoms in total. The maximum absolute atomic E-state index is 12.7. The van der Waals surface area contributed by atoms with Gasteiger partial charge in [-0.2, -0.15) is 0 Å². The third-order valence-corrected chi connectivity index (χ3v) is 6.39. The van der Waals surface area contributed by atoms with Crippen LogP contribution < -0.4 is 10.6 Å². The van der Waals surface area contributed by atoms with Crippen LogP contribution >= 0.6 is 0 Å². The van der Waals surface area contributed by atoms with Crippen LogP contribution in [-0.4, -0.2) is 42.8 Å². The summed E-state index contributed by atoms with van der Waals surface area (Å²) in [5.74, 6) is -1.34. The Morgan fingerprint density at radius 3 is 2.09 bits per heavy atom. The molecule has 0 saturated carbocycles. The number of carboxylic acids is 1. The van der Waals surface area contributed by atoms with Gasteiger partial charge in [-0.25, -0.2) is 9.59 Å². The van der Waals surface area contributed by atoms with E-state index in [1.54, 1.807) is 0 Å². The summed E-state index contributed by atoms with van der Waals surface area (Å²) in [5, 5.41) is 14.1. The lowest BCUT2D eigenvalue weighted by Crippen LogP contribution is -2.48. The number of alkyl carbamates (subject to hydrolysis) is 1. The molecule has 0 bridgehead atoms. The van der Waals surface area contributed by atoms with Gasteiger partial charge in [0.05, 0.1) is 5.41 Å². The molecule has 7 heteroatoms. The van der Waals surface area contributed by atoms with Gasteiger partial charge < -0.3 is 20.5 Å². The zero-order valence-corrected chi connectivity index (χ0v) is 19.0. The summed E-state index contributed by atoms with van der Waals surface area (Å²) in [5.41, 5.74) is 3.79. The summed E-state index contributed by atoms with van der Waals surface area (Å²) in [6.07, 6.45) is 2.81. The van der Waals surface area contributed by atoms with Crippen LogP contribution in [0.5, 0.6) is 0 Å². The van der Waals surface area contributed by atoms with Crippen LogP contribution in [-0.2, 0) is 14.3 Å². The van der Waals surface area contributed by atoms with E-state index in [1.807, 2.05) is 38.1 Å². The van der Waals surface area contributed by atoms with Crippen molar-refractivity contribution in [2.45, 2.75) is 32.6 Å². The van der Waals surface area contributed by atoms with Gasteiger partial charge in [-0.1, -0.05) is 68.5 Å². The van der Waals surface area contributed by atoms with Gasteiger partial charge in [-0.15, -0.1) is 0 Å². The molecular formula is C26H30N2O5. The fourth-order valence-electron chi connectivity index (χ4n) is 4.29. The number of nitrogens with one attached hydrogen (secondary N) is 2. The van der Waals surface area contributed by atoms with Crippen molar-refractivity contribution >= 4 is 18.0 Å². The van der Waals surface area contributed by atoms with Gasteiger partial charge in [-0.3, -0.25) is 4.79 Å².